The van der Waals surface area contributed by atoms with Gasteiger partial charge in [-0.25, -0.2) is 8.42 Å². The summed E-state index contributed by atoms with van der Waals surface area (Å²) in [6.45, 7) is 3.28. The first-order chi connectivity index (χ1) is 7.44. The molecule has 0 radical (unpaired) electrons. The molecular weight excluding hydrogens is 292 g/mol. The summed E-state index contributed by atoms with van der Waals surface area (Å²) in [4.78, 5) is 0. The van der Waals surface area contributed by atoms with Crippen LogP contribution in [0.5, 0.6) is 0 Å². The van der Waals surface area contributed by atoms with Crippen molar-refractivity contribution in [2.75, 3.05) is 0 Å². The molecule has 1 aromatic heterocycles. The van der Waals surface area contributed by atoms with E-state index in [2.05, 4.69) is 21.0 Å². The van der Waals surface area contributed by atoms with Crippen molar-refractivity contribution in [3.63, 3.8) is 0 Å². The molecule has 0 bridgehead atoms. The highest BCUT2D eigenvalue weighted by atomic mass is 79.9. The van der Waals surface area contributed by atoms with E-state index >= 15 is 0 Å². The highest BCUT2D eigenvalue weighted by molar-refractivity contribution is 9.10. The summed E-state index contributed by atoms with van der Waals surface area (Å²) in [7, 11) is -3.39. The first-order valence-corrected chi connectivity index (χ1v) is 7.11. The fourth-order valence-electron chi connectivity index (χ4n) is 1.40. The molecule has 0 aliphatic heterocycles. The highest BCUT2D eigenvalue weighted by Crippen LogP contribution is 2.24. The predicted octanol–water partition coefficient (Wildman–Crippen LogP) is 2.39. The molecule has 2 rings (SSSR count). The van der Waals surface area contributed by atoms with E-state index in [1.807, 2.05) is 6.07 Å². The van der Waals surface area contributed by atoms with Gasteiger partial charge in [-0.3, -0.25) is 0 Å². The summed E-state index contributed by atoms with van der Waals surface area (Å²) >= 11 is 3.37. The lowest BCUT2D eigenvalue weighted by Gasteiger charge is -2.08. The molecule has 6 heteroatoms. The molecule has 0 saturated heterocycles. The Hall–Kier alpha value is -0.880. The fraction of sp³-hybridized carbons (Fsp3) is 0.300. The molecule has 0 fully saturated rings. The lowest BCUT2D eigenvalue weighted by Crippen LogP contribution is -2.23. The zero-order valence-corrected chi connectivity index (χ0v) is 11.3. The van der Waals surface area contributed by atoms with E-state index in [1.54, 1.807) is 32.2 Å². The normalized spacial score (nSPS) is 12.5. The van der Waals surface area contributed by atoms with Crippen molar-refractivity contribution in [1.29, 1.82) is 0 Å². The maximum Gasteiger partial charge on any atom is 0.256 e. The smallest absolute Gasteiger partial charge is 0.204 e. The lowest BCUT2D eigenvalue weighted by molar-refractivity contribution is 0.573. The Balaban J connectivity index is 2.78. The van der Waals surface area contributed by atoms with Crippen LogP contribution in [-0.2, 0) is 10.0 Å². The summed E-state index contributed by atoms with van der Waals surface area (Å²) in [6.07, 6.45) is 1.55. The number of benzene rings is 1. The Morgan fingerprint density at radius 2 is 2.06 bits per heavy atom. The van der Waals surface area contributed by atoms with E-state index in [0.29, 0.717) is 5.52 Å². The number of hydrogen-bond donors (Lipinski definition) is 0. The quantitative estimate of drug-likeness (QED) is 0.856. The Bertz CT molecular complexity index is 631. The van der Waals surface area contributed by atoms with E-state index in [4.69, 9.17) is 0 Å². The standard InChI is InChI=1S/C10H11BrN2O2S/c1-7(2)16(14,15)13-10-5-3-4-9(11)8(10)6-12-13/h3-7H,1-2H3. The van der Waals surface area contributed by atoms with Crippen LogP contribution in [0.1, 0.15) is 13.8 Å². The van der Waals surface area contributed by atoms with E-state index in [0.717, 1.165) is 13.9 Å². The Kier molecular flexibility index (Phi) is 2.79. The number of nitrogens with zero attached hydrogens (tertiary/aromatic N) is 2. The third kappa shape index (κ3) is 1.66. The van der Waals surface area contributed by atoms with Crippen molar-refractivity contribution in [2.45, 2.75) is 19.1 Å². The Morgan fingerprint density at radius 1 is 1.38 bits per heavy atom. The number of aromatic nitrogens is 2. The molecule has 0 saturated carbocycles. The zero-order chi connectivity index (χ0) is 11.9. The maximum atomic E-state index is 12.0. The molecule has 4 nitrogen and oxygen atoms in total. The van der Waals surface area contributed by atoms with E-state index < -0.39 is 15.3 Å². The molecule has 16 heavy (non-hydrogen) atoms. The molecule has 0 atom stereocenters. The van der Waals surface area contributed by atoms with Crippen molar-refractivity contribution in [3.8, 4) is 0 Å². The van der Waals surface area contributed by atoms with Gasteiger partial charge >= 0.3 is 0 Å². The molecule has 86 valence electrons. The van der Waals surface area contributed by atoms with E-state index in [9.17, 15) is 8.42 Å². The minimum absolute atomic E-state index is 0.491. The van der Waals surface area contributed by atoms with Crippen LogP contribution in [0.25, 0.3) is 10.9 Å². The number of hydrogen-bond acceptors (Lipinski definition) is 3. The van der Waals surface area contributed by atoms with Gasteiger partial charge in [-0.2, -0.15) is 9.19 Å². The van der Waals surface area contributed by atoms with Gasteiger partial charge in [0.2, 0.25) is 0 Å². The van der Waals surface area contributed by atoms with Crippen LogP contribution in [0, 0.1) is 0 Å². The van der Waals surface area contributed by atoms with Gasteiger partial charge in [0.15, 0.2) is 0 Å². The zero-order valence-electron chi connectivity index (χ0n) is 8.88. The largest absolute Gasteiger partial charge is 0.256 e. The van der Waals surface area contributed by atoms with Gasteiger partial charge in [0.1, 0.15) is 0 Å². The third-order valence-corrected chi connectivity index (χ3v) is 5.02. The van der Waals surface area contributed by atoms with Gasteiger partial charge in [-0.15, -0.1) is 0 Å². The SMILES string of the molecule is CC(C)S(=O)(=O)n1ncc2c(Br)cccc21. The molecule has 1 heterocycles. The van der Waals surface area contributed by atoms with Crippen molar-refractivity contribution in [1.82, 2.24) is 9.19 Å². The second kappa shape index (κ2) is 3.85. The minimum atomic E-state index is -3.39. The summed E-state index contributed by atoms with van der Waals surface area (Å²) in [5.74, 6) is 0. The van der Waals surface area contributed by atoms with Gasteiger partial charge in [0.05, 0.1) is 17.0 Å². The second-order valence-corrected chi connectivity index (χ2v) is 6.93. The van der Waals surface area contributed by atoms with Gasteiger partial charge in [-0.1, -0.05) is 22.0 Å². The Morgan fingerprint density at radius 3 is 2.69 bits per heavy atom. The maximum absolute atomic E-state index is 12.0. The predicted molar refractivity (Wildman–Crippen MR) is 66.9 cm³/mol. The molecule has 0 aliphatic rings. The van der Waals surface area contributed by atoms with Gasteiger partial charge in [0, 0.05) is 9.86 Å². The molecule has 0 amide bonds. The summed E-state index contributed by atoms with van der Waals surface area (Å²) in [6, 6.07) is 5.39. The van der Waals surface area contributed by atoms with Crippen LogP contribution >= 0.6 is 15.9 Å². The molecule has 1 aromatic carbocycles. The first-order valence-electron chi connectivity index (χ1n) is 4.81. The van der Waals surface area contributed by atoms with Gasteiger partial charge < -0.3 is 0 Å². The lowest BCUT2D eigenvalue weighted by atomic mass is 10.3. The van der Waals surface area contributed by atoms with Crippen LogP contribution in [0.2, 0.25) is 0 Å². The first kappa shape index (κ1) is 11.6. The summed E-state index contributed by atoms with van der Waals surface area (Å²) in [5, 5.41) is 4.25. The average molecular weight is 303 g/mol. The van der Waals surface area contributed by atoms with Crippen LogP contribution in [0.15, 0.2) is 28.9 Å². The number of halogens is 1. The highest BCUT2D eigenvalue weighted by Gasteiger charge is 2.21. The molecule has 0 aliphatic carbocycles. The van der Waals surface area contributed by atoms with Crippen molar-refractivity contribution in [3.05, 3.63) is 28.9 Å². The molecular formula is C10H11BrN2O2S. The molecule has 2 aromatic rings. The van der Waals surface area contributed by atoms with Crippen LogP contribution in [-0.4, -0.2) is 22.9 Å². The Labute approximate surface area is 102 Å². The van der Waals surface area contributed by atoms with Crippen LogP contribution in [0.3, 0.4) is 0 Å². The topological polar surface area (TPSA) is 52.0 Å². The van der Waals surface area contributed by atoms with Crippen LogP contribution < -0.4 is 0 Å². The molecule has 0 N–H and O–H groups in total. The average Bonchev–Trinajstić information content (AvgIpc) is 2.63. The van der Waals surface area contributed by atoms with E-state index in [1.165, 1.54) is 0 Å². The van der Waals surface area contributed by atoms with Gasteiger partial charge in [-0.05, 0) is 26.0 Å². The van der Waals surface area contributed by atoms with E-state index in [-0.39, 0.29) is 0 Å². The van der Waals surface area contributed by atoms with Crippen LogP contribution in [0.4, 0.5) is 0 Å². The number of fused-ring (bicyclic) bond motifs is 1. The fourth-order valence-corrected chi connectivity index (χ4v) is 2.86. The molecule has 0 spiro atoms. The minimum Gasteiger partial charge on any atom is -0.204 e. The monoisotopic (exact) mass is 302 g/mol. The van der Waals surface area contributed by atoms with Crippen molar-refractivity contribution >= 4 is 36.9 Å². The third-order valence-electron chi connectivity index (χ3n) is 2.36. The van der Waals surface area contributed by atoms with Crippen molar-refractivity contribution in [2.24, 2.45) is 0 Å². The molecule has 0 unspecified atom stereocenters. The van der Waals surface area contributed by atoms with Gasteiger partial charge in [0.25, 0.3) is 10.0 Å². The number of rotatable bonds is 2. The second-order valence-electron chi connectivity index (χ2n) is 3.75. The van der Waals surface area contributed by atoms with Crippen molar-refractivity contribution < 1.29 is 8.42 Å². The summed E-state index contributed by atoms with van der Waals surface area (Å²) < 4.78 is 25.9. The summed E-state index contributed by atoms with van der Waals surface area (Å²) in [5.41, 5.74) is 0.600.